The number of pyridine rings is 2. The van der Waals surface area contributed by atoms with Crippen LogP contribution in [-0.4, -0.2) is 30.1 Å². The number of nitrogens with one attached hydrogen (secondary N) is 3. The quantitative estimate of drug-likeness (QED) is 0.216. The Morgan fingerprint density at radius 3 is 2.50 bits per heavy atom. The number of hydrogen-bond acceptors (Lipinski definition) is 5. The highest BCUT2D eigenvalue weighted by molar-refractivity contribution is 5.97. The molecule has 0 fully saturated rings. The standard InChI is InChI=1S/C32H24FN7/c33-26-9-5-4-8-24(26)29-31-28(12-13-36-29)37-32(38-31)30-25-15-22(10-11-27(25)39-40-30)23-14-21(18-35-19-23)17-34-16-20-6-2-1-3-7-20/h1-15,18-19,34H,16-17H2,(H,37,38)(H,39,40). The first-order valence-electron chi connectivity index (χ1n) is 13.0. The van der Waals surface area contributed by atoms with Crippen LogP contribution in [0, 0.1) is 5.82 Å². The number of H-pyrrole nitrogens is 2. The molecule has 0 aliphatic heterocycles. The molecule has 3 aromatic carbocycles. The van der Waals surface area contributed by atoms with Gasteiger partial charge >= 0.3 is 0 Å². The summed E-state index contributed by atoms with van der Waals surface area (Å²) in [5, 5.41) is 12.1. The molecule has 8 heteroatoms. The number of benzene rings is 3. The van der Waals surface area contributed by atoms with Gasteiger partial charge in [-0.2, -0.15) is 5.10 Å². The number of hydrogen-bond donors (Lipinski definition) is 3. The van der Waals surface area contributed by atoms with Gasteiger partial charge in [-0.05, 0) is 53.1 Å². The zero-order valence-electron chi connectivity index (χ0n) is 21.4. The molecule has 0 aliphatic rings. The highest BCUT2D eigenvalue weighted by Crippen LogP contribution is 2.33. The molecule has 0 bridgehead atoms. The maximum Gasteiger partial charge on any atom is 0.159 e. The van der Waals surface area contributed by atoms with E-state index in [1.54, 1.807) is 24.4 Å². The van der Waals surface area contributed by atoms with E-state index >= 15 is 0 Å². The molecule has 4 aromatic heterocycles. The van der Waals surface area contributed by atoms with Crippen LogP contribution in [0.3, 0.4) is 0 Å². The second-order valence-electron chi connectivity index (χ2n) is 9.62. The molecule has 0 atom stereocenters. The Hall–Kier alpha value is -5.21. The Kier molecular flexibility index (Phi) is 6.07. The molecular weight excluding hydrogens is 501 g/mol. The fourth-order valence-corrected chi connectivity index (χ4v) is 4.96. The van der Waals surface area contributed by atoms with Gasteiger partial charge in [0.05, 0.1) is 11.0 Å². The van der Waals surface area contributed by atoms with Gasteiger partial charge in [0, 0.05) is 48.2 Å². The smallest absolute Gasteiger partial charge is 0.159 e. The second-order valence-corrected chi connectivity index (χ2v) is 9.62. The van der Waals surface area contributed by atoms with Crippen molar-refractivity contribution in [1.82, 2.24) is 35.5 Å². The van der Waals surface area contributed by atoms with Crippen LogP contribution in [0.2, 0.25) is 0 Å². The molecular formula is C32H24FN7. The van der Waals surface area contributed by atoms with Gasteiger partial charge in [0.25, 0.3) is 0 Å². The van der Waals surface area contributed by atoms with Crippen LogP contribution in [0.1, 0.15) is 11.1 Å². The molecule has 7 nitrogen and oxygen atoms in total. The van der Waals surface area contributed by atoms with Crippen LogP contribution in [0.4, 0.5) is 4.39 Å². The molecule has 194 valence electrons. The summed E-state index contributed by atoms with van der Waals surface area (Å²) in [7, 11) is 0. The van der Waals surface area contributed by atoms with Crippen molar-refractivity contribution in [2.24, 2.45) is 0 Å². The third kappa shape index (κ3) is 4.50. The Bertz CT molecular complexity index is 1960. The number of aromatic amines is 2. The van der Waals surface area contributed by atoms with Crippen molar-refractivity contribution in [3.63, 3.8) is 0 Å². The van der Waals surface area contributed by atoms with Gasteiger partial charge in [0.15, 0.2) is 5.82 Å². The van der Waals surface area contributed by atoms with Gasteiger partial charge in [-0.3, -0.25) is 15.1 Å². The van der Waals surface area contributed by atoms with E-state index < -0.39 is 0 Å². The summed E-state index contributed by atoms with van der Waals surface area (Å²) in [6, 6.07) is 27.1. The lowest BCUT2D eigenvalue weighted by Gasteiger charge is -2.07. The fraction of sp³-hybridized carbons (Fsp3) is 0.0625. The lowest BCUT2D eigenvalue weighted by molar-refractivity contribution is 0.631. The van der Waals surface area contributed by atoms with E-state index in [1.165, 1.54) is 11.6 Å². The Morgan fingerprint density at radius 1 is 0.750 bits per heavy atom. The molecule has 0 unspecified atom stereocenters. The van der Waals surface area contributed by atoms with Crippen molar-refractivity contribution in [2.45, 2.75) is 13.1 Å². The molecule has 40 heavy (non-hydrogen) atoms. The maximum atomic E-state index is 14.6. The van der Waals surface area contributed by atoms with Crippen LogP contribution in [-0.2, 0) is 13.1 Å². The minimum Gasteiger partial charge on any atom is -0.336 e. The van der Waals surface area contributed by atoms with E-state index in [2.05, 4.69) is 60.8 Å². The van der Waals surface area contributed by atoms with Gasteiger partial charge in [0.2, 0.25) is 0 Å². The maximum absolute atomic E-state index is 14.6. The van der Waals surface area contributed by atoms with E-state index in [1.807, 2.05) is 42.7 Å². The van der Waals surface area contributed by atoms with Crippen molar-refractivity contribution in [3.05, 3.63) is 120 Å². The Labute approximate surface area is 229 Å². The predicted molar refractivity (Wildman–Crippen MR) is 155 cm³/mol. The summed E-state index contributed by atoms with van der Waals surface area (Å²) in [4.78, 5) is 17.1. The normalized spacial score (nSPS) is 11.4. The molecule has 0 spiro atoms. The van der Waals surface area contributed by atoms with Gasteiger partial charge < -0.3 is 10.3 Å². The summed E-state index contributed by atoms with van der Waals surface area (Å²) in [6.07, 6.45) is 5.41. The Morgan fingerprint density at radius 2 is 1.60 bits per heavy atom. The molecule has 0 amide bonds. The summed E-state index contributed by atoms with van der Waals surface area (Å²) in [6.45, 7) is 1.51. The lowest BCUT2D eigenvalue weighted by atomic mass is 10.0. The molecule has 7 aromatic rings. The van der Waals surface area contributed by atoms with E-state index in [0.717, 1.165) is 39.7 Å². The summed E-state index contributed by atoms with van der Waals surface area (Å²) < 4.78 is 14.6. The number of halogens is 1. The third-order valence-electron chi connectivity index (χ3n) is 6.95. The molecule has 0 radical (unpaired) electrons. The topological polar surface area (TPSA) is 95.2 Å². The van der Waals surface area contributed by atoms with Gasteiger partial charge in [0.1, 0.15) is 22.7 Å². The molecule has 7 rings (SSSR count). The second kappa shape index (κ2) is 10.2. The highest BCUT2D eigenvalue weighted by Gasteiger charge is 2.17. The zero-order chi connectivity index (χ0) is 26.9. The van der Waals surface area contributed by atoms with Crippen molar-refractivity contribution < 1.29 is 4.39 Å². The SMILES string of the molecule is Fc1ccccc1-c1nccc2[nH]c(-c3n[nH]c4ccc(-c5cncc(CNCc6ccccc6)c5)cc34)nc12. The van der Waals surface area contributed by atoms with E-state index in [0.29, 0.717) is 34.8 Å². The van der Waals surface area contributed by atoms with Crippen LogP contribution >= 0.6 is 0 Å². The Balaban J connectivity index is 1.21. The number of rotatable bonds is 7. The fourth-order valence-electron chi connectivity index (χ4n) is 4.96. The van der Waals surface area contributed by atoms with Gasteiger partial charge in [-0.15, -0.1) is 0 Å². The summed E-state index contributed by atoms with van der Waals surface area (Å²) in [5.41, 5.74) is 8.21. The average molecular weight is 526 g/mol. The first-order valence-corrected chi connectivity index (χ1v) is 13.0. The number of aromatic nitrogens is 6. The van der Waals surface area contributed by atoms with Crippen molar-refractivity contribution in [3.8, 4) is 33.9 Å². The number of imidazole rings is 1. The minimum absolute atomic E-state index is 0.340. The first-order chi connectivity index (χ1) is 19.7. The average Bonchev–Trinajstić information content (AvgIpc) is 3.62. The largest absolute Gasteiger partial charge is 0.336 e. The van der Waals surface area contributed by atoms with E-state index in [4.69, 9.17) is 4.98 Å². The van der Waals surface area contributed by atoms with Gasteiger partial charge in [-0.25, -0.2) is 9.37 Å². The van der Waals surface area contributed by atoms with E-state index in [-0.39, 0.29) is 5.82 Å². The van der Waals surface area contributed by atoms with Crippen LogP contribution in [0.15, 0.2) is 104 Å². The monoisotopic (exact) mass is 525 g/mol. The lowest BCUT2D eigenvalue weighted by Crippen LogP contribution is -2.12. The zero-order valence-corrected chi connectivity index (χ0v) is 21.4. The summed E-state index contributed by atoms with van der Waals surface area (Å²) in [5.74, 6) is 0.244. The number of nitrogens with zero attached hydrogens (tertiary/aromatic N) is 4. The predicted octanol–water partition coefficient (Wildman–Crippen LogP) is 6.66. The van der Waals surface area contributed by atoms with Crippen LogP contribution < -0.4 is 5.32 Å². The highest BCUT2D eigenvalue weighted by atomic mass is 19.1. The molecule has 0 saturated heterocycles. The molecule has 0 aliphatic carbocycles. The van der Waals surface area contributed by atoms with Gasteiger partial charge in [-0.1, -0.05) is 48.5 Å². The number of fused-ring (bicyclic) bond motifs is 2. The van der Waals surface area contributed by atoms with E-state index in [9.17, 15) is 4.39 Å². The minimum atomic E-state index is -0.340. The first kappa shape index (κ1) is 23.9. The molecule has 3 N–H and O–H groups in total. The van der Waals surface area contributed by atoms with Crippen LogP contribution in [0.5, 0.6) is 0 Å². The summed E-state index contributed by atoms with van der Waals surface area (Å²) >= 11 is 0. The van der Waals surface area contributed by atoms with Crippen molar-refractivity contribution in [2.75, 3.05) is 0 Å². The molecule has 4 heterocycles. The van der Waals surface area contributed by atoms with Crippen molar-refractivity contribution in [1.29, 1.82) is 0 Å². The van der Waals surface area contributed by atoms with Crippen LogP contribution in [0.25, 0.3) is 55.8 Å². The third-order valence-corrected chi connectivity index (χ3v) is 6.95. The van der Waals surface area contributed by atoms with Crippen molar-refractivity contribution >= 4 is 21.9 Å². The molecule has 0 saturated carbocycles.